The van der Waals surface area contributed by atoms with Crippen molar-refractivity contribution in [2.75, 3.05) is 32.4 Å². The Morgan fingerprint density at radius 1 is 1.26 bits per heavy atom. The van der Waals surface area contributed by atoms with E-state index in [1.54, 1.807) is 4.90 Å². The van der Waals surface area contributed by atoms with Gasteiger partial charge in [0.1, 0.15) is 5.41 Å². The van der Waals surface area contributed by atoms with Crippen LogP contribution in [0.1, 0.15) is 12.8 Å². The van der Waals surface area contributed by atoms with Gasteiger partial charge in [-0.05, 0) is 12.8 Å². The van der Waals surface area contributed by atoms with Crippen molar-refractivity contribution in [3.05, 3.63) is 0 Å². The number of amides is 1. The van der Waals surface area contributed by atoms with Gasteiger partial charge in [0.2, 0.25) is 15.9 Å². The Labute approximate surface area is 111 Å². The van der Waals surface area contributed by atoms with Crippen LogP contribution >= 0.6 is 0 Å². The highest BCUT2D eigenvalue weighted by Gasteiger charge is 2.56. The topological polar surface area (TPSA) is 116 Å². The standard InChI is InChI=1S/C10H18N4O4S/c1-19(17,18)14-6-4-13(5-7-14)9(15)10(2-3-10)8(11)12-16/h16H,2-7H2,1H3,(H2,11,12). The zero-order valence-corrected chi connectivity index (χ0v) is 11.6. The molecule has 0 spiro atoms. The molecule has 0 radical (unpaired) electrons. The van der Waals surface area contributed by atoms with Gasteiger partial charge in [0.15, 0.2) is 5.84 Å². The van der Waals surface area contributed by atoms with Crippen LogP contribution in [0.5, 0.6) is 0 Å². The smallest absolute Gasteiger partial charge is 0.236 e. The molecular formula is C10H18N4O4S. The van der Waals surface area contributed by atoms with Crippen molar-refractivity contribution in [1.82, 2.24) is 9.21 Å². The van der Waals surface area contributed by atoms with E-state index in [9.17, 15) is 13.2 Å². The third-order valence-corrected chi connectivity index (χ3v) is 5.06. The third kappa shape index (κ3) is 2.52. The summed E-state index contributed by atoms with van der Waals surface area (Å²) in [6, 6.07) is 0. The minimum absolute atomic E-state index is 0.0527. The normalized spacial score (nSPS) is 24.3. The Bertz CT molecular complexity index is 504. The number of amidine groups is 1. The lowest BCUT2D eigenvalue weighted by molar-refractivity contribution is -0.135. The van der Waals surface area contributed by atoms with Gasteiger partial charge in [-0.3, -0.25) is 4.79 Å². The molecule has 8 nitrogen and oxygen atoms in total. The fourth-order valence-electron chi connectivity index (χ4n) is 2.33. The van der Waals surface area contributed by atoms with Crippen molar-refractivity contribution in [3.63, 3.8) is 0 Å². The quantitative estimate of drug-likeness (QED) is 0.287. The first-order chi connectivity index (χ1) is 8.81. The average molecular weight is 290 g/mol. The lowest BCUT2D eigenvalue weighted by Crippen LogP contribution is -2.53. The molecule has 0 atom stereocenters. The summed E-state index contributed by atoms with van der Waals surface area (Å²) >= 11 is 0. The van der Waals surface area contributed by atoms with E-state index in [0.717, 1.165) is 6.26 Å². The zero-order chi connectivity index (χ0) is 14.3. The summed E-state index contributed by atoms with van der Waals surface area (Å²) in [4.78, 5) is 13.9. The van der Waals surface area contributed by atoms with Crippen LogP contribution < -0.4 is 5.73 Å². The number of nitrogens with zero attached hydrogens (tertiary/aromatic N) is 3. The van der Waals surface area contributed by atoms with Crippen molar-refractivity contribution in [1.29, 1.82) is 0 Å². The van der Waals surface area contributed by atoms with Crippen LogP contribution in [0.3, 0.4) is 0 Å². The summed E-state index contributed by atoms with van der Waals surface area (Å²) in [5.74, 6) is -0.223. The Hall–Kier alpha value is -1.35. The molecule has 0 unspecified atom stereocenters. The van der Waals surface area contributed by atoms with Crippen LogP contribution in [0.25, 0.3) is 0 Å². The molecule has 1 aliphatic heterocycles. The fourth-order valence-corrected chi connectivity index (χ4v) is 3.15. The summed E-state index contributed by atoms with van der Waals surface area (Å²) in [6.45, 7) is 1.26. The van der Waals surface area contributed by atoms with Gasteiger partial charge < -0.3 is 15.8 Å². The lowest BCUT2D eigenvalue weighted by Gasteiger charge is -2.35. The SMILES string of the molecule is CS(=O)(=O)N1CCN(C(=O)C2(C(N)=NO)CC2)CC1. The second-order valence-corrected chi connectivity index (χ2v) is 7.00. The number of oxime groups is 1. The van der Waals surface area contributed by atoms with Crippen LogP contribution in [0.2, 0.25) is 0 Å². The van der Waals surface area contributed by atoms with Crippen molar-refractivity contribution >= 4 is 21.8 Å². The molecule has 1 saturated carbocycles. The minimum atomic E-state index is -3.21. The van der Waals surface area contributed by atoms with Gasteiger partial charge in [-0.15, -0.1) is 0 Å². The molecule has 19 heavy (non-hydrogen) atoms. The maximum atomic E-state index is 12.3. The number of carbonyl (C=O) groups excluding carboxylic acids is 1. The van der Waals surface area contributed by atoms with E-state index in [2.05, 4.69) is 5.16 Å². The fraction of sp³-hybridized carbons (Fsp3) is 0.800. The molecule has 9 heteroatoms. The molecular weight excluding hydrogens is 272 g/mol. The molecule has 1 saturated heterocycles. The molecule has 0 bridgehead atoms. The van der Waals surface area contributed by atoms with Crippen LogP contribution in [0.4, 0.5) is 0 Å². The van der Waals surface area contributed by atoms with Gasteiger partial charge in [-0.25, -0.2) is 8.42 Å². The van der Waals surface area contributed by atoms with Gasteiger partial charge >= 0.3 is 0 Å². The van der Waals surface area contributed by atoms with Crippen LogP contribution in [0.15, 0.2) is 5.16 Å². The molecule has 2 fully saturated rings. The maximum Gasteiger partial charge on any atom is 0.236 e. The Kier molecular flexibility index (Phi) is 3.43. The highest BCUT2D eigenvalue weighted by molar-refractivity contribution is 7.88. The monoisotopic (exact) mass is 290 g/mol. The van der Waals surface area contributed by atoms with Crippen molar-refractivity contribution in [2.45, 2.75) is 12.8 Å². The number of hydrogen-bond acceptors (Lipinski definition) is 5. The lowest BCUT2D eigenvalue weighted by atomic mass is 10.0. The van der Waals surface area contributed by atoms with Crippen LogP contribution in [-0.2, 0) is 14.8 Å². The molecule has 1 aliphatic carbocycles. The predicted molar refractivity (Wildman–Crippen MR) is 68.1 cm³/mol. The Morgan fingerprint density at radius 2 is 1.79 bits per heavy atom. The van der Waals surface area contributed by atoms with Crippen LogP contribution in [-0.4, -0.2) is 67.0 Å². The summed E-state index contributed by atoms with van der Waals surface area (Å²) in [6.07, 6.45) is 2.31. The number of hydrogen-bond donors (Lipinski definition) is 2. The van der Waals surface area contributed by atoms with Gasteiger partial charge in [0.25, 0.3) is 0 Å². The third-order valence-electron chi connectivity index (χ3n) is 3.75. The van der Waals surface area contributed by atoms with Crippen molar-refractivity contribution in [2.24, 2.45) is 16.3 Å². The minimum Gasteiger partial charge on any atom is -0.409 e. The zero-order valence-electron chi connectivity index (χ0n) is 10.7. The van der Waals surface area contributed by atoms with Gasteiger partial charge in [0, 0.05) is 26.2 Å². The van der Waals surface area contributed by atoms with Crippen molar-refractivity contribution < 1.29 is 18.4 Å². The molecule has 2 rings (SSSR count). The molecule has 3 N–H and O–H groups in total. The first-order valence-electron chi connectivity index (χ1n) is 6.04. The number of sulfonamides is 1. The number of piperazine rings is 1. The van der Waals surface area contributed by atoms with E-state index in [4.69, 9.17) is 10.9 Å². The molecule has 1 amide bonds. The largest absolute Gasteiger partial charge is 0.409 e. The van der Waals surface area contributed by atoms with E-state index < -0.39 is 15.4 Å². The Balaban J connectivity index is 2.01. The van der Waals surface area contributed by atoms with Gasteiger partial charge in [-0.2, -0.15) is 4.31 Å². The Morgan fingerprint density at radius 3 is 2.16 bits per heavy atom. The van der Waals surface area contributed by atoms with Crippen molar-refractivity contribution in [3.8, 4) is 0 Å². The molecule has 108 valence electrons. The summed E-state index contributed by atoms with van der Waals surface area (Å²) in [7, 11) is -3.21. The highest BCUT2D eigenvalue weighted by Crippen LogP contribution is 2.47. The highest BCUT2D eigenvalue weighted by atomic mass is 32.2. The van der Waals surface area contributed by atoms with Crippen LogP contribution in [0, 0.1) is 5.41 Å². The first kappa shape index (κ1) is 14.1. The van der Waals surface area contributed by atoms with E-state index in [1.165, 1.54) is 4.31 Å². The van der Waals surface area contributed by atoms with Gasteiger partial charge in [0.05, 0.1) is 6.26 Å². The van der Waals surface area contributed by atoms with Gasteiger partial charge in [-0.1, -0.05) is 5.16 Å². The van der Waals surface area contributed by atoms with E-state index in [0.29, 0.717) is 25.9 Å². The molecule has 0 aromatic heterocycles. The number of rotatable bonds is 3. The van der Waals surface area contributed by atoms with E-state index >= 15 is 0 Å². The molecule has 2 aliphatic rings. The predicted octanol–water partition coefficient (Wildman–Crippen LogP) is -1.38. The molecule has 0 aromatic carbocycles. The number of carbonyl (C=O) groups is 1. The molecule has 1 heterocycles. The summed E-state index contributed by atoms with van der Waals surface area (Å²) < 4.78 is 24.1. The number of nitrogens with two attached hydrogens (primary N) is 1. The summed E-state index contributed by atoms with van der Waals surface area (Å²) in [5, 5.41) is 11.6. The molecule has 0 aromatic rings. The second kappa shape index (κ2) is 4.64. The first-order valence-corrected chi connectivity index (χ1v) is 7.88. The van der Waals surface area contributed by atoms with E-state index in [1.807, 2.05) is 0 Å². The van der Waals surface area contributed by atoms with E-state index in [-0.39, 0.29) is 24.8 Å². The second-order valence-electron chi connectivity index (χ2n) is 5.02. The summed E-state index contributed by atoms with van der Waals surface area (Å²) in [5.41, 5.74) is 4.70. The maximum absolute atomic E-state index is 12.3. The average Bonchev–Trinajstić information content (AvgIpc) is 3.17.